The van der Waals surface area contributed by atoms with Crippen molar-refractivity contribution in [3.63, 3.8) is 0 Å². The Hall–Kier alpha value is -3.83. The van der Waals surface area contributed by atoms with Gasteiger partial charge < -0.3 is 11.1 Å². The quantitative estimate of drug-likeness (QED) is 0.492. The van der Waals surface area contributed by atoms with Crippen LogP contribution in [-0.2, 0) is 0 Å². The fourth-order valence-corrected chi connectivity index (χ4v) is 3.39. The molecule has 0 aliphatic heterocycles. The monoisotopic (exact) mass is 415 g/mol. The molecule has 0 unspecified atom stereocenters. The van der Waals surface area contributed by atoms with E-state index in [9.17, 15) is 9.59 Å². The van der Waals surface area contributed by atoms with E-state index in [1.165, 1.54) is 4.57 Å². The summed E-state index contributed by atoms with van der Waals surface area (Å²) in [6, 6.07) is 26.5. The van der Waals surface area contributed by atoms with Crippen molar-refractivity contribution in [2.45, 2.75) is 0 Å². The van der Waals surface area contributed by atoms with Gasteiger partial charge in [0, 0.05) is 16.3 Å². The lowest BCUT2D eigenvalue weighted by molar-refractivity contribution is 0.102. The summed E-state index contributed by atoms with van der Waals surface area (Å²) in [7, 11) is 0. The fraction of sp³-hybridized carbons (Fsp3) is 0. The molecule has 0 saturated heterocycles. The maximum Gasteiger partial charge on any atom is 0.270 e. The van der Waals surface area contributed by atoms with Crippen LogP contribution in [0.15, 0.2) is 95.8 Å². The van der Waals surface area contributed by atoms with Gasteiger partial charge in [0.2, 0.25) is 0 Å². The minimum atomic E-state index is -0.513. The zero-order valence-corrected chi connectivity index (χ0v) is 16.6. The number of pyridine rings is 1. The van der Waals surface area contributed by atoms with Crippen molar-refractivity contribution >= 4 is 29.0 Å². The molecule has 4 aromatic rings. The van der Waals surface area contributed by atoms with E-state index >= 15 is 0 Å². The Bertz CT molecular complexity index is 1250. The van der Waals surface area contributed by atoms with Crippen LogP contribution in [0, 0.1) is 0 Å². The lowest BCUT2D eigenvalue weighted by Crippen LogP contribution is -2.31. The van der Waals surface area contributed by atoms with E-state index in [4.69, 9.17) is 17.3 Å². The van der Waals surface area contributed by atoms with Gasteiger partial charge in [-0.3, -0.25) is 14.2 Å². The first-order valence-electron chi connectivity index (χ1n) is 9.28. The molecule has 0 radical (unpaired) electrons. The van der Waals surface area contributed by atoms with Gasteiger partial charge in [0.15, 0.2) is 0 Å². The van der Waals surface area contributed by atoms with Gasteiger partial charge >= 0.3 is 0 Å². The molecular weight excluding hydrogens is 398 g/mol. The van der Waals surface area contributed by atoms with Gasteiger partial charge in [0.05, 0.1) is 5.69 Å². The highest BCUT2D eigenvalue weighted by molar-refractivity contribution is 6.30. The maximum absolute atomic E-state index is 13.5. The molecule has 0 spiro atoms. The standard InChI is InChI=1S/C24H18ClN3O2/c25-17-13-11-16(12-14-17)20-15-21(26)28(19-9-5-2-6-10-19)24(30)22(20)23(29)27-18-7-3-1-4-8-18/h1-15H,26H2,(H,27,29). The van der Waals surface area contributed by atoms with Gasteiger partial charge in [-0.15, -0.1) is 0 Å². The predicted octanol–water partition coefficient (Wildman–Crippen LogP) is 4.99. The number of carbonyl (C=O) groups is 1. The number of anilines is 2. The summed E-state index contributed by atoms with van der Waals surface area (Å²) in [5.74, 6) is -0.284. The third-order valence-corrected chi connectivity index (χ3v) is 4.92. The summed E-state index contributed by atoms with van der Waals surface area (Å²) in [5.41, 5.74) is 8.02. The second kappa shape index (κ2) is 8.27. The molecule has 5 nitrogen and oxygen atoms in total. The Morgan fingerprint density at radius 1 is 0.867 bits per heavy atom. The first-order valence-corrected chi connectivity index (χ1v) is 9.65. The van der Waals surface area contributed by atoms with E-state index in [1.54, 1.807) is 78.9 Å². The van der Waals surface area contributed by atoms with Crippen molar-refractivity contribution < 1.29 is 4.79 Å². The summed E-state index contributed by atoms with van der Waals surface area (Å²) in [4.78, 5) is 26.7. The van der Waals surface area contributed by atoms with Gasteiger partial charge in [-0.25, -0.2) is 0 Å². The summed E-state index contributed by atoms with van der Waals surface area (Å²) in [5, 5.41) is 3.35. The normalized spacial score (nSPS) is 10.6. The minimum Gasteiger partial charge on any atom is -0.385 e. The average Bonchev–Trinajstić information content (AvgIpc) is 2.75. The van der Waals surface area contributed by atoms with E-state index in [-0.39, 0.29) is 11.4 Å². The van der Waals surface area contributed by atoms with Gasteiger partial charge in [-0.2, -0.15) is 0 Å². The first-order chi connectivity index (χ1) is 14.5. The number of nitrogens with two attached hydrogens (primary N) is 1. The number of nitrogens with zero attached hydrogens (tertiary/aromatic N) is 1. The largest absolute Gasteiger partial charge is 0.385 e. The molecule has 0 atom stereocenters. The second-order valence-electron chi connectivity index (χ2n) is 6.66. The SMILES string of the molecule is Nc1cc(-c2ccc(Cl)cc2)c(C(=O)Nc2ccccc2)c(=O)n1-c1ccccc1. The van der Waals surface area contributed by atoms with E-state index in [2.05, 4.69) is 5.32 Å². The molecule has 3 N–H and O–H groups in total. The van der Waals surface area contributed by atoms with Gasteiger partial charge in [0.25, 0.3) is 11.5 Å². The average molecular weight is 416 g/mol. The number of rotatable bonds is 4. The lowest BCUT2D eigenvalue weighted by Gasteiger charge is -2.16. The topological polar surface area (TPSA) is 77.1 Å². The van der Waals surface area contributed by atoms with E-state index in [0.29, 0.717) is 27.5 Å². The number of benzene rings is 3. The van der Waals surface area contributed by atoms with E-state index in [1.807, 2.05) is 12.1 Å². The van der Waals surface area contributed by atoms with Gasteiger partial charge in [0.1, 0.15) is 11.4 Å². The Balaban J connectivity index is 1.93. The molecule has 0 aliphatic rings. The summed E-state index contributed by atoms with van der Waals surface area (Å²) < 4.78 is 1.33. The Kier molecular flexibility index (Phi) is 5.37. The molecule has 6 heteroatoms. The molecule has 0 bridgehead atoms. The third-order valence-electron chi connectivity index (χ3n) is 4.67. The predicted molar refractivity (Wildman–Crippen MR) is 121 cm³/mol. The number of hydrogen-bond acceptors (Lipinski definition) is 3. The number of hydrogen-bond donors (Lipinski definition) is 2. The first kappa shape index (κ1) is 19.5. The molecule has 0 fully saturated rings. The Morgan fingerprint density at radius 3 is 2.10 bits per heavy atom. The smallest absolute Gasteiger partial charge is 0.270 e. The molecule has 0 aliphatic carbocycles. The van der Waals surface area contributed by atoms with Crippen molar-refractivity contribution in [2.24, 2.45) is 0 Å². The number of halogens is 1. The van der Waals surface area contributed by atoms with Crippen molar-refractivity contribution in [2.75, 3.05) is 11.1 Å². The number of nitrogen functional groups attached to an aromatic ring is 1. The van der Waals surface area contributed by atoms with Crippen LogP contribution < -0.4 is 16.6 Å². The van der Waals surface area contributed by atoms with Crippen molar-refractivity contribution in [3.8, 4) is 16.8 Å². The van der Waals surface area contributed by atoms with Gasteiger partial charge in [-0.1, -0.05) is 60.1 Å². The number of nitrogens with one attached hydrogen (secondary N) is 1. The summed E-state index contributed by atoms with van der Waals surface area (Å²) in [6.07, 6.45) is 0. The van der Waals surface area contributed by atoms with E-state index < -0.39 is 11.5 Å². The number of aromatic nitrogens is 1. The second-order valence-corrected chi connectivity index (χ2v) is 7.10. The molecule has 0 saturated carbocycles. The van der Waals surface area contributed by atoms with Crippen LogP contribution in [0.2, 0.25) is 5.02 Å². The molecule has 148 valence electrons. The highest BCUT2D eigenvalue weighted by Crippen LogP contribution is 2.27. The van der Waals surface area contributed by atoms with Crippen LogP contribution in [0.1, 0.15) is 10.4 Å². The van der Waals surface area contributed by atoms with Crippen LogP contribution in [0.25, 0.3) is 16.8 Å². The van der Waals surface area contributed by atoms with Crippen LogP contribution in [0.3, 0.4) is 0 Å². The maximum atomic E-state index is 13.5. The molecule has 3 aromatic carbocycles. The molecule has 1 heterocycles. The summed E-state index contributed by atoms with van der Waals surface area (Å²) in [6.45, 7) is 0. The minimum absolute atomic E-state index is 0.000714. The highest BCUT2D eigenvalue weighted by atomic mass is 35.5. The molecule has 4 rings (SSSR count). The summed E-state index contributed by atoms with van der Waals surface area (Å²) >= 11 is 6.01. The lowest BCUT2D eigenvalue weighted by atomic mass is 10.00. The molecule has 30 heavy (non-hydrogen) atoms. The van der Waals surface area contributed by atoms with E-state index in [0.717, 1.165) is 0 Å². The molecule has 1 aromatic heterocycles. The van der Waals surface area contributed by atoms with Crippen LogP contribution >= 0.6 is 11.6 Å². The van der Waals surface area contributed by atoms with Crippen LogP contribution in [-0.4, -0.2) is 10.5 Å². The number of carbonyl (C=O) groups excluding carboxylic acids is 1. The van der Waals surface area contributed by atoms with Crippen molar-refractivity contribution in [1.82, 2.24) is 4.57 Å². The number of amides is 1. The van der Waals surface area contributed by atoms with Crippen molar-refractivity contribution in [1.29, 1.82) is 0 Å². The van der Waals surface area contributed by atoms with Gasteiger partial charge in [-0.05, 0) is 48.0 Å². The molecule has 1 amide bonds. The fourth-order valence-electron chi connectivity index (χ4n) is 3.26. The number of para-hydroxylation sites is 2. The highest BCUT2D eigenvalue weighted by Gasteiger charge is 2.22. The van der Waals surface area contributed by atoms with Crippen LogP contribution in [0.4, 0.5) is 11.5 Å². The zero-order chi connectivity index (χ0) is 21.1. The Morgan fingerprint density at radius 2 is 1.47 bits per heavy atom. The zero-order valence-electron chi connectivity index (χ0n) is 15.9. The Labute approximate surface area is 178 Å². The third kappa shape index (κ3) is 3.83. The van der Waals surface area contributed by atoms with Crippen molar-refractivity contribution in [3.05, 3.63) is 112 Å². The van der Waals surface area contributed by atoms with Crippen LogP contribution in [0.5, 0.6) is 0 Å². The molecular formula is C24H18ClN3O2.